The number of urea groups is 1. The van der Waals surface area contributed by atoms with Crippen LogP contribution in [0.25, 0.3) is 0 Å². The molecule has 7 heteroatoms. The monoisotopic (exact) mass is 281 g/mol. The van der Waals surface area contributed by atoms with Gasteiger partial charge in [0.05, 0.1) is 4.92 Å². The number of hydrogen-bond acceptors (Lipinski definition) is 4. The molecule has 0 saturated carbocycles. The van der Waals surface area contributed by atoms with E-state index < -0.39 is 4.92 Å². The van der Waals surface area contributed by atoms with Crippen LogP contribution in [-0.4, -0.2) is 28.7 Å². The fourth-order valence-corrected chi connectivity index (χ4v) is 1.69. The fraction of sp³-hybridized carbons (Fsp3) is 0.462. The highest BCUT2D eigenvalue weighted by molar-refractivity contribution is 5.74. The average Bonchev–Trinajstić information content (AvgIpc) is 2.45. The molecule has 1 unspecified atom stereocenters. The first-order chi connectivity index (χ1) is 9.56. The van der Waals surface area contributed by atoms with E-state index in [-0.39, 0.29) is 24.4 Å². The van der Waals surface area contributed by atoms with Gasteiger partial charge in [-0.1, -0.05) is 19.1 Å². The molecule has 3 N–H and O–H groups in total. The maximum absolute atomic E-state index is 11.6. The van der Waals surface area contributed by atoms with Crippen molar-refractivity contribution in [1.82, 2.24) is 10.6 Å². The summed E-state index contributed by atoms with van der Waals surface area (Å²) in [7, 11) is 0. The number of rotatable bonds is 7. The largest absolute Gasteiger partial charge is 0.396 e. The molecule has 0 aliphatic heterocycles. The number of aliphatic hydroxyl groups is 1. The van der Waals surface area contributed by atoms with Crippen molar-refractivity contribution in [1.29, 1.82) is 0 Å². The molecule has 1 aromatic carbocycles. The molecule has 0 aromatic heterocycles. The van der Waals surface area contributed by atoms with Crippen molar-refractivity contribution < 1.29 is 14.8 Å². The number of carbonyl (C=O) groups is 1. The van der Waals surface area contributed by atoms with Crippen LogP contribution >= 0.6 is 0 Å². The second-order valence-electron chi connectivity index (χ2n) is 4.37. The van der Waals surface area contributed by atoms with E-state index >= 15 is 0 Å². The standard InChI is InChI=1S/C13H19N3O4/c1-2-11(7-8-17)15-13(18)14-9-10-3-5-12(6-4-10)16(19)20/h3-6,11,17H,2,7-9H2,1H3,(H2,14,15,18). The molecule has 0 aliphatic carbocycles. The van der Waals surface area contributed by atoms with E-state index in [0.717, 1.165) is 12.0 Å². The number of nitro groups is 1. The number of nitrogens with one attached hydrogen (secondary N) is 2. The van der Waals surface area contributed by atoms with Gasteiger partial charge in [-0.2, -0.15) is 0 Å². The fourth-order valence-electron chi connectivity index (χ4n) is 1.69. The van der Waals surface area contributed by atoms with Crippen LogP contribution in [0.3, 0.4) is 0 Å². The lowest BCUT2D eigenvalue weighted by Crippen LogP contribution is -2.41. The van der Waals surface area contributed by atoms with Gasteiger partial charge in [-0.05, 0) is 18.4 Å². The molecule has 0 aliphatic rings. The summed E-state index contributed by atoms with van der Waals surface area (Å²) in [5.74, 6) is 0. The van der Waals surface area contributed by atoms with Crippen molar-refractivity contribution in [2.75, 3.05) is 6.61 Å². The number of hydrogen-bond donors (Lipinski definition) is 3. The highest BCUT2D eigenvalue weighted by atomic mass is 16.6. The summed E-state index contributed by atoms with van der Waals surface area (Å²) in [5, 5.41) is 24.8. The Morgan fingerprint density at radius 1 is 1.40 bits per heavy atom. The first-order valence-corrected chi connectivity index (χ1v) is 6.45. The molecule has 0 heterocycles. The number of nitro benzene ring substituents is 1. The predicted octanol–water partition coefficient (Wildman–Crippen LogP) is 1.55. The van der Waals surface area contributed by atoms with Gasteiger partial charge >= 0.3 is 6.03 Å². The lowest BCUT2D eigenvalue weighted by atomic mass is 10.1. The first kappa shape index (κ1) is 15.9. The van der Waals surface area contributed by atoms with Crippen molar-refractivity contribution in [2.24, 2.45) is 0 Å². The third-order valence-corrected chi connectivity index (χ3v) is 2.91. The van der Waals surface area contributed by atoms with Crippen molar-refractivity contribution in [3.8, 4) is 0 Å². The average molecular weight is 281 g/mol. The number of carbonyl (C=O) groups excluding carboxylic acids is 1. The summed E-state index contributed by atoms with van der Waals surface area (Å²) in [6.45, 7) is 2.25. The highest BCUT2D eigenvalue weighted by Crippen LogP contribution is 2.11. The van der Waals surface area contributed by atoms with Gasteiger partial charge in [0.15, 0.2) is 0 Å². The zero-order chi connectivity index (χ0) is 15.0. The van der Waals surface area contributed by atoms with Gasteiger partial charge in [0.1, 0.15) is 0 Å². The van der Waals surface area contributed by atoms with Gasteiger partial charge in [-0.25, -0.2) is 4.79 Å². The molecule has 20 heavy (non-hydrogen) atoms. The van der Waals surface area contributed by atoms with Gasteiger partial charge in [0.2, 0.25) is 0 Å². The third kappa shape index (κ3) is 5.23. The Kier molecular flexibility index (Phi) is 6.45. The molecule has 1 rings (SSSR count). The summed E-state index contributed by atoms with van der Waals surface area (Å²) in [6.07, 6.45) is 1.26. The molecule has 0 fully saturated rings. The molecular weight excluding hydrogens is 262 g/mol. The van der Waals surface area contributed by atoms with Crippen molar-refractivity contribution in [3.05, 3.63) is 39.9 Å². The van der Waals surface area contributed by atoms with E-state index in [4.69, 9.17) is 5.11 Å². The van der Waals surface area contributed by atoms with Crippen LogP contribution in [-0.2, 0) is 6.54 Å². The van der Waals surface area contributed by atoms with Crippen LogP contribution < -0.4 is 10.6 Å². The van der Waals surface area contributed by atoms with Gasteiger partial charge < -0.3 is 15.7 Å². The van der Waals surface area contributed by atoms with E-state index in [9.17, 15) is 14.9 Å². The SMILES string of the molecule is CCC(CCO)NC(=O)NCc1ccc([N+](=O)[O-])cc1. The summed E-state index contributed by atoms with van der Waals surface area (Å²) in [4.78, 5) is 21.7. The number of amides is 2. The summed E-state index contributed by atoms with van der Waals surface area (Å²) in [5.41, 5.74) is 0.799. The Bertz CT molecular complexity index is 447. The van der Waals surface area contributed by atoms with E-state index in [1.165, 1.54) is 12.1 Å². The maximum atomic E-state index is 11.6. The molecule has 0 saturated heterocycles. The number of nitrogens with zero attached hydrogens (tertiary/aromatic N) is 1. The van der Waals surface area contributed by atoms with E-state index in [0.29, 0.717) is 13.0 Å². The lowest BCUT2D eigenvalue weighted by molar-refractivity contribution is -0.384. The van der Waals surface area contributed by atoms with Crippen LogP contribution in [0, 0.1) is 10.1 Å². The molecule has 0 bridgehead atoms. The molecule has 1 aromatic rings. The number of benzene rings is 1. The molecule has 2 amide bonds. The first-order valence-electron chi connectivity index (χ1n) is 6.45. The Morgan fingerprint density at radius 3 is 2.55 bits per heavy atom. The summed E-state index contributed by atoms with van der Waals surface area (Å²) < 4.78 is 0. The Labute approximate surface area is 117 Å². The molecule has 110 valence electrons. The Morgan fingerprint density at radius 2 is 2.05 bits per heavy atom. The van der Waals surface area contributed by atoms with Gasteiger partial charge in [0, 0.05) is 31.3 Å². The molecule has 0 radical (unpaired) electrons. The minimum Gasteiger partial charge on any atom is -0.396 e. The molecule has 1 atom stereocenters. The smallest absolute Gasteiger partial charge is 0.315 e. The van der Waals surface area contributed by atoms with E-state index in [1.54, 1.807) is 12.1 Å². The van der Waals surface area contributed by atoms with Gasteiger partial charge in [-0.15, -0.1) is 0 Å². The molecular formula is C13H19N3O4. The summed E-state index contributed by atoms with van der Waals surface area (Å²) in [6, 6.07) is 5.62. The van der Waals surface area contributed by atoms with Crippen LogP contribution in [0.15, 0.2) is 24.3 Å². The normalized spacial score (nSPS) is 11.7. The zero-order valence-electron chi connectivity index (χ0n) is 11.3. The Balaban J connectivity index is 2.42. The van der Waals surface area contributed by atoms with E-state index in [2.05, 4.69) is 10.6 Å². The highest BCUT2D eigenvalue weighted by Gasteiger charge is 2.09. The number of non-ortho nitro benzene ring substituents is 1. The number of aliphatic hydroxyl groups excluding tert-OH is 1. The van der Waals surface area contributed by atoms with Crippen molar-refractivity contribution in [2.45, 2.75) is 32.4 Å². The van der Waals surface area contributed by atoms with Crippen LogP contribution in [0.1, 0.15) is 25.3 Å². The van der Waals surface area contributed by atoms with Gasteiger partial charge in [-0.3, -0.25) is 10.1 Å². The minimum absolute atomic E-state index is 0.0206. The molecule has 7 nitrogen and oxygen atoms in total. The predicted molar refractivity (Wildman–Crippen MR) is 74.2 cm³/mol. The van der Waals surface area contributed by atoms with E-state index in [1.807, 2.05) is 6.92 Å². The maximum Gasteiger partial charge on any atom is 0.315 e. The van der Waals surface area contributed by atoms with Crippen LogP contribution in [0.4, 0.5) is 10.5 Å². The van der Waals surface area contributed by atoms with Crippen LogP contribution in [0.2, 0.25) is 0 Å². The van der Waals surface area contributed by atoms with Crippen molar-refractivity contribution >= 4 is 11.7 Å². The lowest BCUT2D eigenvalue weighted by Gasteiger charge is -2.16. The molecule has 0 spiro atoms. The second kappa shape index (κ2) is 8.11. The van der Waals surface area contributed by atoms with Gasteiger partial charge in [0.25, 0.3) is 5.69 Å². The summed E-state index contributed by atoms with van der Waals surface area (Å²) >= 11 is 0. The van der Waals surface area contributed by atoms with Crippen molar-refractivity contribution in [3.63, 3.8) is 0 Å². The minimum atomic E-state index is -0.468. The third-order valence-electron chi connectivity index (χ3n) is 2.91. The quantitative estimate of drug-likeness (QED) is 0.521. The van der Waals surface area contributed by atoms with Crippen LogP contribution in [0.5, 0.6) is 0 Å². The Hall–Kier alpha value is -2.15. The zero-order valence-corrected chi connectivity index (χ0v) is 11.3. The second-order valence-corrected chi connectivity index (χ2v) is 4.37. The topological polar surface area (TPSA) is 104 Å².